The number of nitrogens with zero attached hydrogens (tertiary/aromatic N) is 1. The van der Waals surface area contributed by atoms with Crippen molar-refractivity contribution in [1.82, 2.24) is 10.2 Å². The van der Waals surface area contributed by atoms with E-state index >= 15 is 0 Å². The highest BCUT2D eigenvalue weighted by Crippen LogP contribution is 2.25. The Morgan fingerprint density at radius 1 is 1.12 bits per heavy atom. The Hall–Kier alpha value is -0.280. The summed E-state index contributed by atoms with van der Waals surface area (Å²) in [5, 5.41) is 3.32. The Morgan fingerprint density at radius 3 is 2.35 bits per heavy atom. The van der Waals surface area contributed by atoms with Crippen molar-refractivity contribution >= 4 is 18.3 Å². The van der Waals surface area contributed by atoms with Crippen LogP contribution in [0.15, 0.2) is 0 Å². The monoisotopic (exact) mass is 260 g/mol. The minimum atomic E-state index is 0. The highest BCUT2D eigenvalue weighted by atomic mass is 35.5. The Balaban J connectivity index is 0.00000144. The molecule has 17 heavy (non-hydrogen) atoms. The molecule has 2 aliphatic heterocycles. The summed E-state index contributed by atoms with van der Waals surface area (Å²) in [5.41, 5.74) is 0. The minimum Gasteiger partial charge on any atom is -0.342 e. The molecule has 0 saturated carbocycles. The van der Waals surface area contributed by atoms with Gasteiger partial charge in [-0.3, -0.25) is 4.79 Å². The van der Waals surface area contributed by atoms with Crippen molar-refractivity contribution in [2.24, 2.45) is 17.8 Å². The van der Waals surface area contributed by atoms with Crippen molar-refractivity contribution in [3.8, 4) is 0 Å². The summed E-state index contributed by atoms with van der Waals surface area (Å²) >= 11 is 0. The summed E-state index contributed by atoms with van der Waals surface area (Å²) in [5.74, 6) is 2.15. The fourth-order valence-electron chi connectivity index (χ4n) is 2.79. The molecule has 2 atom stereocenters. The van der Waals surface area contributed by atoms with Gasteiger partial charge in [0.15, 0.2) is 0 Å². The SMILES string of the molecule is CC1CCN(C(=O)C2CCNCC2)CC1C.Cl. The van der Waals surface area contributed by atoms with E-state index in [-0.39, 0.29) is 12.4 Å². The Bertz CT molecular complexity index is 254. The normalized spacial score (nSPS) is 30.8. The summed E-state index contributed by atoms with van der Waals surface area (Å²) in [6, 6.07) is 0. The second-order valence-corrected chi connectivity index (χ2v) is 5.55. The Kier molecular flexibility index (Phi) is 5.74. The number of amides is 1. The molecule has 2 rings (SSSR count). The summed E-state index contributed by atoms with van der Waals surface area (Å²) in [7, 11) is 0. The molecule has 0 aromatic rings. The lowest BCUT2D eigenvalue weighted by Crippen LogP contribution is -2.46. The summed E-state index contributed by atoms with van der Waals surface area (Å²) in [6.07, 6.45) is 3.23. The first-order valence-corrected chi connectivity index (χ1v) is 6.68. The number of piperidine rings is 2. The van der Waals surface area contributed by atoms with Crippen LogP contribution < -0.4 is 5.32 Å². The fourth-order valence-corrected chi connectivity index (χ4v) is 2.79. The lowest BCUT2D eigenvalue weighted by atomic mass is 9.87. The van der Waals surface area contributed by atoms with Crippen molar-refractivity contribution in [2.75, 3.05) is 26.2 Å². The van der Waals surface area contributed by atoms with Crippen LogP contribution in [0.25, 0.3) is 0 Å². The largest absolute Gasteiger partial charge is 0.342 e. The molecule has 0 aromatic heterocycles. The Morgan fingerprint density at radius 2 is 1.76 bits per heavy atom. The molecular formula is C13H25ClN2O. The Labute approximate surface area is 111 Å². The molecule has 2 fully saturated rings. The summed E-state index contributed by atoms with van der Waals surface area (Å²) in [6.45, 7) is 8.55. The number of halogens is 1. The average molecular weight is 261 g/mol. The van der Waals surface area contributed by atoms with E-state index in [4.69, 9.17) is 0 Å². The van der Waals surface area contributed by atoms with Gasteiger partial charge in [0.25, 0.3) is 0 Å². The van der Waals surface area contributed by atoms with Gasteiger partial charge in [-0.1, -0.05) is 13.8 Å². The zero-order valence-corrected chi connectivity index (χ0v) is 11.8. The predicted octanol–water partition coefficient (Wildman–Crippen LogP) is 1.91. The second kappa shape index (κ2) is 6.60. The van der Waals surface area contributed by atoms with Gasteiger partial charge in [0.1, 0.15) is 0 Å². The van der Waals surface area contributed by atoms with Gasteiger partial charge in [-0.15, -0.1) is 12.4 Å². The molecule has 2 saturated heterocycles. The molecule has 2 aliphatic rings. The van der Waals surface area contributed by atoms with Crippen LogP contribution in [-0.2, 0) is 4.79 Å². The van der Waals surface area contributed by atoms with Crippen LogP contribution in [0.4, 0.5) is 0 Å². The number of likely N-dealkylation sites (tertiary alicyclic amines) is 1. The molecule has 4 heteroatoms. The van der Waals surface area contributed by atoms with E-state index in [0.717, 1.165) is 44.9 Å². The quantitative estimate of drug-likeness (QED) is 0.781. The first-order valence-electron chi connectivity index (χ1n) is 6.68. The summed E-state index contributed by atoms with van der Waals surface area (Å²) < 4.78 is 0. The van der Waals surface area contributed by atoms with Crippen LogP contribution in [0.3, 0.4) is 0 Å². The lowest BCUT2D eigenvalue weighted by molar-refractivity contribution is -0.138. The number of carbonyl (C=O) groups excluding carboxylic acids is 1. The molecule has 0 spiro atoms. The number of rotatable bonds is 1. The molecule has 0 bridgehead atoms. The van der Waals surface area contributed by atoms with Crippen LogP contribution >= 0.6 is 12.4 Å². The maximum Gasteiger partial charge on any atom is 0.225 e. The van der Waals surface area contributed by atoms with Crippen molar-refractivity contribution in [3.05, 3.63) is 0 Å². The molecule has 0 aromatic carbocycles. The van der Waals surface area contributed by atoms with E-state index in [1.807, 2.05) is 0 Å². The molecule has 3 nitrogen and oxygen atoms in total. The third-order valence-electron chi connectivity index (χ3n) is 4.33. The predicted molar refractivity (Wildman–Crippen MR) is 72.4 cm³/mol. The zero-order chi connectivity index (χ0) is 11.5. The van der Waals surface area contributed by atoms with Crippen molar-refractivity contribution in [1.29, 1.82) is 0 Å². The van der Waals surface area contributed by atoms with Gasteiger partial charge >= 0.3 is 0 Å². The molecule has 2 heterocycles. The van der Waals surface area contributed by atoms with Gasteiger partial charge in [0.2, 0.25) is 5.91 Å². The number of carbonyl (C=O) groups is 1. The van der Waals surface area contributed by atoms with E-state index < -0.39 is 0 Å². The van der Waals surface area contributed by atoms with E-state index in [1.54, 1.807) is 0 Å². The van der Waals surface area contributed by atoms with Gasteiger partial charge in [0, 0.05) is 19.0 Å². The van der Waals surface area contributed by atoms with Gasteiger partial charge in [-0.25, -0.2) is 0 Å². The molecule has 2 unspecified atom stereocenters. The van der Waals surface area contributed by atoms with Crippen LogP contribution in [0.5, 0.6) is 0 Å². The maximum absolute atomic E-state index is 12.3. The minimum absolute atomic E-state index is 0. The first-order chi connectivity index (χ1) is 7.68. The van der Waals surface area contributed by atoms with Gasteiger partial charge < -0.3 is 10.2 Å². The van der Waals surface area contributed by atoms with E-state index in [1.165, 1.54) is 6.42 Å². The first kappa shape index (κ1) is 14.8. The van der Waals surface area contributed by atoms with Gasteiger partial charge in [-0.05, 0) is 44.2 Å². The van der Waals surface area contributed by atoms with Crippen LogP contribution in [0, 0.1) is 17.8 Å². The molecule has 0 aliphatic carbocycles. The van der Waals surface area contributed by atoms with Crippen LogP contribution in [0.1, 0.15) is 33.1 Å². The number of hydrogen-bond donors (Lipinski definition) is 1. The van der Waals surface area contributed by atoms with Gasteiger partial charge in [0.05, 0.1) is 0 Å². The third kappa shape index (κ3) is 3.59. The molecule has 100 valence electrons. The molecule has 1 amide bonds. The van der Waals surface area contributed by atoms with Crippen molar-refractivity contribution in [2.45, 2.75) is 33.1 Å². The van der Waals surface area contributed by atoms with Crippen LogP contribution in [0.2, 0.25) is 0 Å². The smallest absolute Gasteiger partial charge is 0.225 e. The topological polar surface area (TPSA) is 32.3 Å². The lowest BCUT2D eigenvalue weighted by Gasteiger charge is -2.37. The van der Waals surface area contributed by atoms with E-state index in [0.29, 0.717) is 17.7 Å². The van der Waals surface area contributed by atoms with E-state index in [9.17, 15) is 4.79 Å². The average Bonchev–Trinajstić information content (AvgIpc) is 2.33. The molecule has 0 radical (unpaired) electrons. The number of nitrogens with one attached hydrogen (secondary N) is 1. The molecular weight excluding hydrogens is 236 g/mol. The summed E-state index contributed by atoms with van der Waals surface area (Å²) in [4.78, 5) is 14.4. The second-order valence-electron chi connectivity index (χ2n) is 5.55. The van der Waals surface area contributed by atoms with Crippen molar-refractivity contribution in [3.63, 3.8) is 0 Å². The van der Waals surface area contributed by atoms with Crippen molar-refractivity contribution < 1.29 is 4.79 Å². The maximum atomic E-state index is 12.3. The van der Waals surface area contributed by atoms with Crippen LogP contribution in [-0.4, -0.2) is 37.0 Å². The zero-order valence-electron chi connectivity index (χ0n) is 10.9. The van der Waals surface area contributed by atoms with E-state index in [2.05, 4.69) is 24.1 Å². The third-order valence-corrected chi connectivity index (χ3v) is 4.33. The standard InChI is InChI=1S/C13H24N2O.ClH/c1-10-5-8-15(9-11(10)2)13(16)12-3-6-14-7-4-12;/h10-12,14H,3-9H2,1-2H3;1H. The highest BCUT2D eigenvalue weighted by molar-refractivity contribution is 5.85. The van der Waals surface area contributed by atoms with Gasteiger partial charge in [-0.2, -0.15) is 0 Å². The fraction of sp³-hybridized carbons (Fsp3) is 0.923. The highest BCUT2D eigenvalue weighted by Gasteiger charge is 2.30. The number of hydrogen-bond acceptors (Lipinski definition) is 2. The molecule has 1 N–H and O–H groups in total.